The third-order valence-electron chi connectivity index (χ3n) is 4.37. The maximum atomic E-state index is 13.7. The molecule has 0 spiro atoms. The fourth-order valence-electron chi connectivity index (χ4n) is 2.88. The zero-order valence-electron chi connectivity index (χ0n) is 12.5. The van der Waals surface area contributed by atoms with Crippen LogP contribution in [0.5, 0.6) is 0 Å². The van der Waals surface area contributed by atoms with Crippen molar-refractivity contribution in [2.75, 3.05) is 13.1 Å². The highest BCUT2D eigenvalue weighted by molar-refractivity contribution is 7.89. The lowest BCUT2D eigenvalue weighted by molar-refractivity contribution is 0.197. The van der Waals surface area contributed by atoms with E-state index in [2.05, 4.69) is 6.92 Å². The Bertz CT molecular complexity index is 604. The summed E-state index contributed by atoms with van der Waals surface area (Å²) in [5, 5.41) is 0. The molecule has 4 nitrogen and oxygen atoms in total. The average Bonchev–Trinajstić information content (AvgIpc) is 2.49. The van der Waals surface area contributed by atoms with Crippen molar-refractivity contribution in [3.05, 3.63) is 29.6 Å². The van der Waals surface area contributed by atoms with Gasteiger partial charge in [0.15, 0.2) is 0 Å². The second-order valence-corrected chi connectivity index (χ2v) is 7.61. The number of piperidine rings is 1. The first-order chi connectivity index (χ1) is 9.90. The molecule has 2 unspecified atom stereocenters. The van der Waals surface area contributed by atoms with E-state index in [0.717, 1.165) is 25.3 Å². The second-order valence-electron chi connectivity index (χ2n) is 5.71. The van der Waals surface area contributed by atoms with Gasteiger partial charge in [0.05, 0.1) is 4.90 Å². The van der Waals surface area contributed by atoms with E-state index in [1.54, 1.807) is 6.92 Å². The smallest absolute Gasteiger partial charge is 0.243 e. The number of rotatable bonds is 4. The topological polar surface area (TPSA) is 63.4 Å². The van der Waals surface area contributed by atoms with E-state index in [0.29, 0.717) is 24.6 Å². The van der Waals surface area contributed by atoms with Gasteiger partial charge in [0.25, 0.3) is 0 Å². The number of nitrogens with two attached hydrogens (primary N) is 1. The highest BCUT2D eigenvalue weighted by Crippen LogP contribution is 2.30. The third-order valence-corrected chi connectivity index (χ3v) is 6.32. The number of benzene rings is 1. The summed E-state index contributed by atoms with van der Waals surface area (Å²) in [4.78, 5) is 0.0130. The Kier molecular flexibility index (Phi) is 5.01. The Balaban J connectivity index is 2.31. The van der Waals surface area contributed by atoms with Crippen LogP contribution in [0.3, 0.4) is 0 Å². The minimum Gasteiger partial charge on any atom is -0.329 e. The van der Waals surface area contributed by atoms with Crippen LogP contribution < -0.4 is 5.73 Å². The molecule has 1 fully saturated rings. The van der Waals surface area contributed by atoms with E-state index < -0.39 is 15.8 Å². The number of hydrogen-bond acceptors (Lipinski definition) is 3. The standard InChI is InChI=1S/C15H23FN2O2S/c1-3-12-6-7-18(13(8-12)10-17)21(19,20)14-5-4-11(2)15(16)9-14/h4-5,9,12-13H,3,6-8,10,17H2,1-2H3. The summed E-state index contributed by atoms with van der Waals surface area (Å²) in [6, 6.07) is 3.87. The van der Waals surface area contributed by atoms with Crippen molar-refractivity contribution in [3.8, 4) is 0 Å². The molecule has 1 aromatic carbocycles. The highest BCUT2D eigenvalue weighted by atomic mass is 32.2. The molecule has 0 aromatic heterocycles. The molecule has 2 N–H and O–H groups in total. The number of aryl methyl sites for hydroxylation is 1. The van der Waals surface area contributed by atoms with E-state index in [-0.39, 0.29) is 10.9 Å². The van der Waals surface area contributed by atoms with Gasteiger partial charge < -0.3 is 5.73 Å². The van der Waals surface area contributed by atoms with Crippen molar-refractivity contribution in [1.29, 1.82) is 0 Å². The molecule has 21 heavy (non-hydrogen) atoms. The summed E-state index contributed by atoms with van der Waals surface area (Å²) in [5.74, 6) is 0.0172. The number of halogens is 1. The number of hydrogen-bond donors (Lipinski definition) is 1. The molecule has 1 saturated heterocycles. The summed E-state index contributed by atoms with van der Waals surface area (Å²) >= 11 is 0. The molecule has 0 bridgehead atoms. The minimum atomic E-state index is -3.68. The van der Waals surface area contributed by atoms with Gasteiger partial charge >= 0.3 is 0 Å². The molecular formula is C15H23FN2O2S. The zero-order valence-corrected chi connectivity index (χ0v) is 13.4. The lowest BCUT2D eigenvalue weighted by atomic mass is 9.90. The van der Waals surface area contributed by atoms with Crippen molar-refractivity contribution >= 4 is 10.0 Å². The van der Waals surface area contributed by atoms with Gasteiger partial charge in [0.2, 0.25) is 10.0 Å². The van der Waals surface area contributed by atoms with Crippen LogP contribution in [-0.2, 0) is 10.0 Å². The molecule has 2 rings (SSSR count). The van der Waals surface area contributed by atoms with E-state index in [4.69, 9.17) is 5.73 Å². The van der Waals surface area contributed by atoms with Crippen LogP contribution in [0.25, 0.3) is 0 Å². The van der Waals surface area contributed by atoms with Crippen LogP contribution in [0.4, 0.5) is 4.39 Å². The molecule has 118 valence electrons. The number of sulfonamides is 1. The first kappa shape index (κ1) is 16.4. The zero-order chi connectivity index (χ0) is 15.6. The molecule has 0 amide bonds. The highest BCUT2D eigenvalue weighted by Gasteiger charge is 2.35. The predicted molar refractivity (Wildman–Crippen MR) is 80.9 cm³/mol. The predicted octanol–water partition coefficient (Wildman–Crippen LogP) is 2.27. The Morgan fingerprint density at radius 3 is 2.71 bits per heavy atom. The van der Waals surface area contributed by atoms with Crippen LogP contribution in [0, 0.1) is 18.7 Å². The monoisotopic (exact) mass is 314 g/mol. The van der Waals surface area contributed by atoms with Gasteiger partial charge in [-0.25, -0.2) is 12.8 Å². The third kappa shape index (κ3) is 3.27. The van der Waals surface area contributed by atoms with E-state index in [9.17, 15) is 12.8 Å². The molecule has 6 heteroatoms. The first-order valence-electron chi connectivity index (χ1n) is 7.38. The fraction of sp³-hybridized carbons (Fsp3) is 0.600. The van der Waals surface area contributed by atoms with Gasteiger partial charge in [0, 0.05) is 19.1 Å². The summed E-state index contributed by atoms with van der Waals surface area (Å²) in [5.41, 5.74) is 6.20. The molecule has 1 heterocycles. The molecule has 0 radical (unpaired) electrons. The lowest BCUT2D eigenvalue weighted by Gasteiger charge is -2.37. The Hall–Kier alpha value is -0.980. The molecule has 1 aromatic rings. The first-order valence-corrected chi connectivity index (χ1v) is 8.82. The van der Waals surface area contributed by atoms with Gasteiger partial charge in [-0.05, 0) is 43.4 Å². The lowest BCUT2D eigenvalue weighted by Crippen LogP contribution is -2.49. The summed E-state index contributed by atoms with van der Waals surface area (Å²) in [6.45, 7) is 4.47. The van der Waals surface area contributed by atoms with E-state index >= 15 is 0 Å². The molecule has 0 saturated carbocycles. The quantitative estimate of drug-likeness (QED) is 0.927. The van der Waals surface area contributed by atoms with Crippen molar-refractivity contribution < 1.29 is 12.8 Å². The molecule has 1 aliphatic heterocycles. The normalized spacial score (nSPS) is 24.2. The summed E-state index contributed by atoms with van der Waals surface area (Å²) in [6.07, 6.45) is 2.64. The summed E-state index contributed by atoms with van der Waals surface area (Å²) in [7, 11) is -3.68. The Morgan fingerprint density at radius 2 is 2.14 bits per heavy atom. The van der Waals surface area contributed by atoms with Crippen LogP contribution in [0.15, 0.2) is 23.1 Å². The minimum absolute atomic E-state index is 0.0130. The Morgan fingerprint density at radius 1 is 1.43 bits per heavy atom. The number of nitrogens with zero attached hydrogens (tertiary/aromatic N) is 1. The largest absolute Gasteiger partial charge is 0.329 e. The van der Waals surface area contributed by atoms with Crippen LogP contribution in [0.2, 0.25) is 0 Å². The van der Waals surface area contributed by atoms with Gasteiger partial charge in [-0.15, -0.1) is 0 Å². The van der Waals surface area contributed by atoms with E-state index in [1.165, 1.54) is 16.4 Å². The van der Waals surface area contributed by atoms with Crippen LogP contribution >= 0.6 is 0 Å². The second kappa shape index (κ2) is 6.42. The Labute approximate surface area is 126 Å². The van der Waals surface area contributed by atoms with E-state index in [1.807, 2.05) is 0 Å². The van der Waals surface area contributed by atoms with Gasteiger partial charge in [-0.2, -0.15) is 4.31 Å². The van der Waals surface area contributed by atoms with Gasteiger partial charge in [0.1, 0.15) is 5.82 Å². The van der Waals surface area contributed by atoms with Crippen LogP contribution in [0.1, 0.15) is 31.7 Å². The maximum absolute atomic E-state index is 13.7. The average molecular weight is 314 g/mol. The summed E-state index contributed by atoms with van der Waals surface area (Å²) < 4.78 is 40.5. The van der Waals surface area contributed by atoms with Crippen LogP contribution in [-0.4, -0.2) is 31.9 Å². The SMILES string of the molecule is CCC1CCN(S(=O)(=O)c2ccc(C)c(F)c2)C(CN)C1. The van der Waals surface area contributed by atoms with Crippen molar-refractivity contribution in [2.45, 2.75) is 44.0 Å². The van der Waals surface area contributed by atoms with Gasteiger partial charge in [-0.1, -0.05) is 19.4 Å². The molecule has 0 aliphatic carbocycles. The van der Waals surface area contributed by atoms with Crippen molar-refractivity contribution in [1.82, 2.24) is 4.31 Å². The van der Waals surface area contributed by atoms with Crippen molar-refractivity contribution in [3.63, 3.8) is 0 Å². The molecular weight excluding hydrogens is 291 g/mol. The van der Waals surface area contributed by atoms with Gasteiger partial charge in [-0.3, -0.25) is 0 Å². The molecule has 1 aliphatic rings. The fourth-order valence-corrected chi connectivity index (χ4v) is 4.56. The van der Waals surface area contributed by atoms with Crippen molar-refractivity contribution in [2.24, 2.45) is 11.7 Å². The maximum Gasteiger partial charge on any atom is 0.243 e. The molecule has 2 atom stereocenters.